The number of hydrogen-bond acceptors (Lipinski definition) is 4. The fraction of sp³-hybridized carbons (Fsp3) is 0.462. The Balaban J connectivity index is 2.98. The molecule has 5 nitrogen and oxygen atoms in total. The molecule has 0 radical (unpaired) electrons. The van der Waals surface area contributed by atoms with E-state index in [1.807, 2.05) is 6.92 Å². The maximum Gasteiger partial charge on any atom is 0.255 e. The van der Waals surface area contributed by atoms with Crippen molar-refractivity contribution in [3.63, 3.8) is 0 Å². The topological polar surface area (TPSA) is 73.6 Å². The van der Waals surface area contributed by atoms with Gasteiger partial charge in [-0.25, -0.2) is 0 Å². The number of nitrogens with one attached hydrogen (secondary N) is 1. The summed E-state index contributed by atoms with van der Waals surface area (Å²) < 4.78 is 10.4. The monoisotopic (exact) mass is 252 g/mol. The minimum absolute atomic E-state index is 0.0339. The van der Waals surface area contributed by atoms with Gasteiger partial charge in [0, 0.05) is 12.6 Å². The molecule has 0 aliphatic rings. The zero-order valence-electron chi connectivity index (χ0n) is 11.0. The molecule has 3 N–H and O–H groups in total. The normalized spacial score (nSPS) is 11.8. The van der Waals surface area contributed by atoms with Crippen molar-refractivity contribution in [3.8, 4) is 11.5 Å². The quantitative estimate of drug-likeness (QED) is 0.797. The number of methoxy groups -OCH3 is 2. The second-order valence-electron chi connectivity index (χ2n) is 3.86. The lowest BCUT2D eigenvalue weighted by atomic mass is 10.1. The minimum Gasteiger partial charge on any atom is -0.493 e. The summed E-state index contributed by atoms with van der Waals surface area (Å²) >= 11 is 0. The van der Waals surface area contributed by atoms with Crippen LogP contribution in [0.1, 0.15) is 23.7 Å². The second-order valence-corrected chi connectivity index (χ2v) is 3.86. The van der Waals surface area contributed by atoms with Gasteiger partial charge in [0.2, 0.25) is 0 Å². The van der Waals surface area contributed by atoms with Gasteiger partial charge in [0.25, 0.3) is 5.91 Å². The van der Waals surface area contributed by atoms with Gasteiger partial charge < -0.3 is 20.5 Å². The van der Waals surface area contributed by atoms with E-state index >= 15 is 0 Å². The van der Waals surface area contributed by atoms with Crippen LogP contribution < -0.4 is 20.5 Å². The number of hydrogen-bond donors (Lipinski definition) is 2. The number of carbonyl (C=O) groups is 1. The third kappa shape index (κ3) is 3.13. The van der Waals surface area contributed by atoms with E-state index in [1.165, 1.54) is 14.2 Å². The summed E-state index contributed by atoms with van der Waals surface area (Å²) in [5.41, 5.74) is 6.01. The van der Waals surface area contributed by atoms with Gasteiger partial charge in [-0.05, 0) is 18.6 Å². The SMILES string of the molecule is CCC(CN)NC(=O)c1cccc(OC)c1OC. The summed E-state index contributed by atoms with van der Waals surface area (Å²) in [5, 5.41) is 2.86. The standard InChI is InChI=1S/C13H20N2O3/c1-4-9(8-14)15-13(16)10-6-5-7-11(17-2)12(10)18-3/h5-7,9H,4,8,14H2,1-3H3,(H,15,16). The molecule has 0 heterocycles. The van der Waals surface area contributed by atoms with Crippen LogP contribution in [0.4, 0.5) is 0 Å². The number of para-hydroxylation sites is 1. The predicted octanol–water partition coefficient (Wildman–Crippen LogP) is 1.17. The maximum atomic E-state index is 12.1. The van der Waals surface area contributed by atoms with Crippen LogP contribution in [0.15, 0.2) is 18.2 Å². The molecular weight excluding hydrogens is 232 g/mol. The molecule has 0 saturated carbocycles. The van der Waals surface area contributed by atoms with Crippen molar-refractivity contribution in [2.45, 2.75) is 19.4 Å². The van der Waals surface area contributed by atoms with Crippen LogP contribution in [0.2, 0.25) is 0 Å². The Kier molecular flexibility index (Phi) is 5.45. The first-order valence-corrected chi connectivity index (χ1v) is 5.89. The molecule has 0 bridgehead atoms. The lowest BCUT2D eigenvalue weighted by molar-refractivity contribution is 0.0933. The van der Waals surface area contributed by atoms with Gasteiger partial charge in [-0.1, -0.05) is 13.0 Å². The number of nitrogens with two attached hydrogens (primary N) is 1. The number of rotatable bonds is 6. The number of carbonyl (C=O) groups excluding carboxylic acids is 1. The average molecular weight is 252 g/mol. The molecule has 0 saturated heterocycles. The highest BCUT2D eigenvalue weighted by atomic mass is 16.5. The molecule has 18 heavy (non-hydrogen) atoms. The third-order valence-corrected chi connectivity index (χ3v) is 2.76. The molecule has 1 aromatic carbocycles. The molecule has 1 amide bonds. The molecule has 5 heteroatoms. The fourth-order valence-electron chi connectivity index (χ4n) is 1.66. The maximum absolute atomic E-state index is 12.1. The largest absolute Gasteiger partial charge is 0.493 e. The van der Waals surface area contributed by atoms with E-state index in [4.69, 9.17) is 15.2 Å². The number of ether oxygens (including phenoxy) is 2. The van der Waals surface area contributed by atoms with Crippen LogP contribution in [-0.2, 0) is 0 Å². The van der Waals surface area contributed by atoms with Gasteiger partial charge >= 0.3 is 0 Å². The van der Waals surface area contributed by atoms with Gasteiger partial charge in [0.15, 0.2) is 11.5 Å². The lowest BCUT2D eigenvalue weighted by Crippen LogP contribution is -2.39. The van der Waals surface area contributed by atoms with E-state index in [9.17, 15) is 4.79 Å². The Labute approximate surface area is 107 Å². The van der Waals surface area contributed by atoms with Gasteiger partial charge in [-0.3, -0.25) is 4.79 Å². The first-order valence-electron chi connectivity index (χ1n) is 5.89. The summed E-state index contributed by atoms with van der Waals surface area (Å²) in [6.45, 7) is 2.38. The molecular formula is C13H20N2O3. The average Bonchev–Trinajstić information content (AvgIpc) is 2.43. The molecule has 1 atom stereocenters. The summed E-state index contributed by atoms with van der Waals surface area (Å²) in [7, 11) is 3.04. The highest BCUT2D eigenvalue weighted by Crippen LogP contribution is 2.30. The summed E-state index contributed by atoms with van der Waals surface area (Å²) in [5.74, 6) is 0.762. The first kappa shape index (κ1) is 14.3. The second kappa shape index (κ2) is 6.86. The van der Waals surface area contributed by atoms with Crippen molar-refractivity contribution in [1.29, 1.82) is 0 Å². The Morgan fingerprint density at radius 2 is 2.11 bits per heavy atom. The van der Waals surface area contributed by atoms with Crippen molar-refractivity contribution in [1.82, 2.24) is 5.32 Å². The van der Waals surface area contributed by atoms with Crippen LogP contribution in [0.25, 0.3) is 0 Å². The zero-order chi connectivity index (χ0) is 13.5. The first-order chi connectivity index (χ1) is 8.67. The van der Waals surface area contributed by atoms with E-state index in [1.54, 1.807) is 18.2 Å². The molecule has 1 rings (SSSR count). The molecule has 0 fully saturated rings. The highest BCUT2D eigenvalue weighted by molar-refractivity contribution is 5.98. The van der Waals surface area contributed by atoms with E-state index in [2.05, 4.69) is 5.32 Å². The molecule has 1 aromatic rings. The molecule has 0 spiro atoms. The Bertz CT molecular complexity index is 403. The zero-order valence-corrected chi connectivity index (χ0v) is 11.0. The minimum atomic E-state index is -0.206. The lowest BCUT2D eigenvalue weighted by Gasteiger charge is -2.17. The summed E-state index contributed by atoms with van der Waals surface area (Å²) in [4.78, 5) is 12.1. The molecule has 100 valence electrons. The molecule has 1 unspecified atom stereocenters. The number of benzene rings is 1. The fourth-order valence-corrected chi connectivity index (χ4v) is 1.66. The Morgan fingerprint density at radius 3 is 2.61 bits per heavy atom. The Morgan fingerprint density at radius 1 is 1.39 bits per heavy atom. The third-order valence-electron chi connectivity index (χ3n) is 2.76. The highest BCUT2D eigenvalue weighted by Gasteiger charge is 2.18. The van der Waals surface area contributed by atoms with Crippen molar-refractivity contribution in [2.75, 3.05) is 20.8 Å². The summed E-state index contributed by atoms with van der Waals surface area (Å²) in [6.07, 6.45) is 0.786. The predicted molar refractivity (Wildman–Crippen MR) is 70.1 cm³/mol. The molecule has 0 aromatic heterocycles. The van der Waals surface area contributed by atoms with Crippen LogP contribution in [0, 0.1) is 0 Å². The smallest absolute Gasteiger partial charge is 0.255 e. The van der Waals surface area contributed by atoms with Gasteiger partial charge in [-0.15, -0.1) is 0 Å². The van der Waals surface area contributed by atoms with Crippen LogP contribution in [0.5, 0.6) is 11.5 Å². The van der Waals surface area contributed by atoms with Crippen molar-refractivity contribution < 1.29 is 14.3 Å². The van der Waals surface area contributed by atoms with Gasteiger partial charge in [0.1, 0.15) is 0 Å². The van der Waals surface area contributed by atoms with Crippen LogP contribution >= 0.6 is 0 Å². The molecule has 0 aliphatic heterocycles. The van der Waals surface area contributed by atoms with E-state index < -0.39 is 0 Å². The number of amides is 1. The van der Waals surface area contributed by atoms with Crippen LogP contribution in [-0.4, -0.2) is 32.7 Å². The van der Waals surface area contributed by atoms with Crippen molar-refractivity contribution >= 4 is 5.91 Å². The van der Waals surface area contributed by atoms with Crippen molar-refractivity contribution in [3.05, 3.63) is 23.8 Å². The van der Waals surface area contributed by atoms with Gasteiger partial charge in [-0.2, -0.15) is 0 Å². The molecule has 0 aliphatic carbocycles. The van der Waals surface area contributed by atoms with Crippen molar-refractivity contribution in [2.24, 2.45) is 5.73 Å². The Hall–Kier alpha value is -1.75. The van der Waals surface area contributed by atoms with Gasteiger partial charge in [0.05, 0.1) is 19.8 Å². The van der Waals surface area contributed by atoms with E-state index in [0.717, 1.165) is 6.42 Å². The summed E-state index contributed by atoms with van der Waals surface area (Å²) in [6, 6.07) is 5.16. The van der Waals surface area contributed by atoms with E-state index in [0.29, 0.717) is 23.6 Å². The van der Waals surface area contributed by atoms with Crippen LogP contribution in [0.3, 0.4) is 0 Å². The van der Waals surface area contributed by atoms with E-state index in [-0.39, 0.29) is 11.9 Å².